The smallest absolute Gasteiger partial charge is 0.280 e. The summed E-state index contributed by atoms with van der Waals surface area (Å²) in [7, 11) is 0. The van der Waals surface area contributed by atoms with E-state index in [1.165, 1.54) is 6.07 Å². The summed E-state index contributed by atoms with van der Waals surface area (Å²) in [6.07, 6.45) is 2.21. The Morgan fingerprint density at radius 3 is 3.00 bits per heavy atom. The van der Waals surface area contributed by atoms with E-state index >= 15 is 0 Å². The highest BCUT2D eigenvalue weighted by molar-refractivity contribution is 7.09. The highest BCUT2D eigenvalue weighted by Gasteiger charge is 2.33. The van der Waals surface area contributed by atoms with Gasteiger partial charge in [-0.15, -0.1) is 11.3 Å². The lowest BCUT2D eigenvalue weighted by Gasteiger charge is -2.37. The molecule has 112 valence electrons. The number of nitrogens with one attached hydrogen (secondary N) is 1. The molecular weight excluding hydrogens is 290 g/mol. The van der Waals surface area contributed by atoms with E-state index in [1.54, 1.807) is 11.3 Å². The van der Waals surface area contributed by atoms with Gasteiger partial charge in [0.15, 0.2) is 0 Å². The number of aromatic nitrogens is 2. The third-order valence-electron chi connectivity index (χ3n) is 3.67. The van der Waals surface area contributed by atoms with Crippen LogP contribution in [-0.2, 0) is 11.2 Å². The number of likely N-dealkylation sites (tertiary alicyclic amines) is 1. The van der Waals surface area contributed by atoms with Gasteiger partial charge in [0.1, 0.15) is 5.76 Å². The number of hydrogen-bond donors (Lipinski definition) is 1. The average Bonchev–Trinajstić information content (AvgIpc) is 2.97. The fourth-order valence-corrected chi connectivity index (χ4v) is 3.11. The Morgan fingerprint density at radius 1 is 1.57 bits per heavy atom. The maximum absolute atomic E-state index is 12.0. The van der Waals surface area contributed by atoms with Crippen LogP contribution in [0.5, 0.6) is 0 Å². The first-order valence-electron chi connectivity index (χ1n) is 6.99. The molecule has 0 atom stereocenters. The molecule has 0 bridgehead atoms. The molecule has 1 amide bonds. The van der Waals surface area contributed by atoms with Gasteiger partial charge in [-0.3, -0.25) is 9.59 Å². The standard InChI is InChI=1S/C14H17N3O3S/c1-9-15-11(8-21-9)3-2-4-14(19)17-6-10(7-17)12-5-13(18)16-20-12/h5,8,10H,2-4,6-7H2,1H3,(H,16,18). The molecule has 1 saturated heterocycles. The summed E-state index contributed by atoms with van der Waals surface area (Å²) < 4.78 is 5.05. The lowest BCUT2D eigenvalue weighted by molar-refractivity contribution is -0.136. The first-order valence-corrected chi connectivity index (χ1v) is 7.87. The molecule has 0 saturated carbocycles. The van der Waals surface area contributed by atoms with Gasteiger partial charge in [-0.05, 0) is 19.8 Å². The number of hydrogen-bond acceptors (Lipinski definition) is 5. The van der Waals surface area contributed by atoms with Crippen LogP contribution in [0.3, 0.4) is 0 Å². The molecule has 0 spiro atoms. The normalized spacial score (nSPS) is 15.2. The van der Waals surface area contributed by atoms with Crippen LogP contribution in [0.15, 0.2) is 20.8 Å². The Labute approximate surface area is 125 Å². The maximum Gasteiger partial charge on any atom is 0.280 e. The summed E-state index contributed by atoms with van der Waals surface area (Å²) in [6, 6.07) is 1.46. The molecule has 21 heavy (non-hydrogen) atoms. The van der Waals surface area contributed by atoms with E-state index in [2.05, 4.69) is 10.1 Å². The molecular formula is C14H17N3O3S. The highest BCUT2D eigenvalue weighted by atomic mass is 32.1. The van der Waals surface area contributed by atoms with Crippen molar-refractivity contribution in [2.75, 3.05) is 13.1 Å². The third-order valence-corrected chi connectivity index (χ3v) is 4.49. The van der Waals surface area contributed by atoms with Crippen molar-refractivity contribution in [2.24, 2.45) is 0 Å². The summed E-state index contributed by atoms with van der Waals surface area (Å²) in [5.41, 5.74) is 0.842. The predicted molar refractivity (Wildman–Crippen MR) is 78.4 cm³/mol. The van der Waals surface area contributed by atoms with Crippen LogP contribution in [0.2, 0.25) is 0 Å². The Hall–Kier alpha value is -1.89. The molecule has 1 fully saturated rings. The average molecular weight is 307 g/mol. The maximum atomic E-state index is 12.0. The number of thiazole rings is 1. The Morgan fingerprint density at radius 2 is 2.38 bits per heavy atom. The number of aromatic amines is 1. The van der Waals surface area contributed by atoms with Crippen LogP contribution >= 0.6 is 11.3 Å². The van der Waals surface area contributed by atoms with Gasteiger partial charge in [-0.1, -0.05) is 0 Å². The fraction of sp³-hybridized carbons (Fsp3) is 0.500. The summed E-state index contributed by atoms with van der Waals surface area (Å²) in [5.74, 6) is 0.951. The van der Waals surface area contributed by atoms with Gasteiger partial charge < -0.3 is 9.42 Å². The summed E-state index contributed by atoms with van der Waals surface area (Å²) >= 11 is 1.64. The molecule has 1 aliphatic heterocycles. The number of aryl methyl sites for hydroxylation is 2. The number of rotatable bonds is 5. The van der Waals surface area contributed by atoms with Gasteiger partial charge in [-0.25, -0.2) is 4.98 Å². The minimum Gasteiger partial charge on any atom is -0.383 e. The monoisotopic (exact) mass is 307 g/mol. The summed E-state index contributed by atoms with van der Waals surface area (Å²) in [5, 5.41) is 5.39. The van der Waals surface area contributed by atoms with Crippen molar-refractivity contribution < 1.29 is 9.32 Å². The Bertz CT molecular complexity index is 681. The molecule has 1 N–H and O–H groups in total. The lowest BCUT2D eigenvalue weighted by Crippen LogP contribution is -2.48. The molecule has 0 radical (unpaired) electrons. The molecule has 0 aromatic carbocycles. The number of carbonyl (C=O) groups is 1. The summed E-state index contributed by atoms with van der Waals surface area (Å²) in [6.45, 7) is 3.25. The molecule has 1 aliphatic rings. The number of nitrogens with zero attached hydrogens (tertiary/aromatic N) is 2. The van der Waals surface area contributed by atoms with Crippen molar-refractivity contribution in [2.45, 2.75) is 32.1 Å². The van der Waals surface area contributed by atoms with Crippen molar-refractivity contribution in [1.82, 2.24) is 15.0 Å². The van der Waals surface area contributed by atoms with E-state index in [9.17, 15) is 9.59 Å². The van der Waals surface area contributed by atoms with Crippen molar-refractivity contribution >= 4 is 17.2 Å². The minimum atomic E-state index is -0.228. The van der Waals surface area contributed by atoms with Crippen LogP contribution in [0.4, 0.5) is 0 Å². The van der Waals surface area contributed by atoms with E-state index in [0.717, 1.165) is 23.5 Å². The van der Waals surface area contributed by atoms with E-state index in [-0.39, 0.29) is 17.4 Å². The Kier molecular flexibility index (Phi) is 3.92. The van der Waals surface area contributed by atoms with Crippen LogP contribution in [0.25, 0.3) is 0 Å². The number of carbonyl (C=O) groups excluding carboxylic acids is 1. The predicted octanol–water partition coefficient (Wildman–Crippen LogP) is 1.68. The molecule has 6 nitrogen and oxygen atoms in total. The second-order valence-electron chi connectivity index (χ2n) is 5.32. The second-order valence-corrected chi connectivity index (χ2v) is 6.38. The van der Waals surface area contributed by atoms with Crippen LogP contribution in [-0.4, -0.2) is 34.0 Å². The van der Waals surface area contributed by atoms with Gasteiger partial charge in [0.05, 0.1) is 16.6 Å². The molecule has 3 rings (SSSR count). The van der Waals surface area contributed by atoms with Crippen molar-refractivity contribution in [3.05, 3.63) is 38.3 Å². The summed E-state index contributed by atoms with van der Waals surface area (Å²) in [4.78, 5) is 29.2. The van der Waals surface area contributed by atoms with Crippen molar-refractivity contribution in [1.29, 1.82) is 0 Å². The zero-order chi connectivity index (χ0) is 14.8. The van der Waals surface area contributed by atoms with Crippen molar-refractivity contribution in [3.8, 4) is 0 Å². The Balaban J connectivity index is 1.40. The molecule has 7 heteroatoms. The van der Waals surface area contributed by atoms with E-state index in [4.69, 9.17) is 4.52 Å². The number of amides is 1. The van der Waals surface area contributed by atoms with Crippen LogP contribution in [0, 0.1) is 6.92 Å². The highest BCUT2D eigenvalue weighted by Crippen LogP contribution is 2.26. The molecule has 0 unspecified atom stereocenters. The van der Waals surface area contributed by atoms with Crippen molar-refractivity contribution in [3.63, 3.8) is 0 Å². The zero-order valence-electron chi connectivity index (χ0n) is 11.8. The van der Waals surface area contributed by atoms with Gasteiger partial charge in [0.25, 0.3) is 5.56 Å². The SMILES string of the molecule is Cc1nc(CCCC(=O)N2CC(c3cc(=O)[nH]o3)C2)cs1. The molecule has 3 heterocycles. The van der Waals surface area contributed by atoms with E-state index in [0.29, 0.717) is 25.3 Å². The first kappa shape index (κ1) is 14.1. The minimum absolute atomic E-state index is 0.147. The third kappa shape index (κ3) is 3.24. The lowest BCUT2D eigenvalue weighted by atomic mass is 9.96. The molecule has 2 aromatic rings. The van der Waals surface area contributed by atoms with E-state index < -0.39 is 0 Å². The number of H-pyrrole nitrogens is 1. The van der Waals surface area contributed by atoms with Gasteiger partial charge >= 0.3 is 0 Å². The first-order chi connectivity index (χ1) is 10.1. The van der Waals surface area contributed by atoms with Gasteiger partial charge in [0, 0.05) is 31.0 Å². The molecule has 2 aromatic heterocycles. The van der Waals surface area contributed by atoms with E-state index in [1.807, 2.05) is 17.2 Å². The van der Waals surface area contributed by atoms with Gasteiger partial charge in [0.2, 0.25) is 5.91 Å². The topological polar surface area (TPSA) is 79.2 Å². The van der Waals surface area contributed by atoms with Gasteiger partial charge in [-0.2, -0.15) is 5.16 Å². The largest absolute Gasteiger partial charge is 0.383 e. The zero-order valence-corrected chi connectivity index (χ0v) is 12.6. The quantitative estimate of drug-likeness (QED) is 0.911. The van der Waals surface area contributed by atoms with Crippen LogP contribution in [0.1, 0.15) is 35.2 Å². The fourth-order valence-electron chi connectivity index (χ4n) is 2.46. The molecule has 0 aliphatic carbocycles. The second kappa shape index (κ2) is 5.85. The van der Waals surface area contributed by atoms with Crippen LogP contribution < -0.4 is 5.56 Å².